The minimum atomic E-state index is -0.953. The van der Waals surface area contributed by atoms with Crippen molar-refractivity contribution in [3.05, 3.63) is 34.9 Å². The first kappa shape index (κ1) is 18.3. The van der Waals surface area contributed by atoms with Gasteiger partial charge in [-0.3, -0.25) is 14.4 Å². The molecule has 2 atom stereocenters. The first-order chi connectivity index (χ1) is 11.4. The quantitative estimate of drug-likeness (QED) is 0.850. The number of halogens is 1. The van der Waals surface area contributed by atoms with Gasteiger partial charge in [-0.2, -0.15) is 0 Å². The van der Waals surface area contributed by atoms with Crippen LogP contribution in [0.4, 0.5) is 0 Å². The van der Waals surface area contributed by atoms with Crippen molar-refractivity contribution in [1.82, 2.24) is 10.2 Å². The maximum absolute atomic E-state index is 12.5. The van der Waals surface area contributed by atoms with Gasteiger partial charge in [-0.15, -0.1) is 0 Å². The van der Waals surface area contributed by atoms with Crippen molar-refractivity contribution in [2.45, 2.75) is 32.2 Å². The molecule has 2 unspecified atom stereocenters. The van der Waals surface area contributed by atoms with E-state index in [0.29, 0.717) is 30.1 Å². The predicted octanol–water partition coefficient (Wildman–Crippen LogP) is 2.17. The highest BCUT2D eigenvalue weighted by atomic mass is 35.5. The van der Waals surface area contributed by atoms with Gasteiger partial charge in [0.15, 0.2) is 0 Å². The van der Waals surface area contributed by atoms with Crippen LogP contribution in [0.15, 0.2) is 24.3 Å². The lowest BCUT2D eigenvalue weighted by Crippen LogP contribution is -2.47. The van der Waals surface area contributed by atoms with Gasteiger partial charge in [0.05, 0.1) is 12.3 Å². The third-order valence-electron chi connectivity index (χ3n) is 4.04. The molecule has 1 saturated heterocycles. The van der Waals surface area contributed by atoms with Crippen LogP contribution in [-0.2, 0) is 9.59 Å². The molecule has 0 bridgehead atoms. The van der Waals surface area contributed by atoms with Gasteiger partial charge in [0, 0.05) is 29.7 Å². The average Bonchev–Trinajstić information content (AvgIpc) is 2.54. The molecule has 0 aromatic heterocycles. The van der Waals surface area contributed by atoms with E-state index in [-0.39, 0.29) is 24.2 Å². The summed E-state index contributed by atoms with van der Waals surface area (Å²) in [5, 5.41) is 12.0. The number of aliphatic carboxylic acids is 1. The van der Waals surface area contributed by atoms with Crippen LogP contribution in [0.1, 0.15) is 36.5 Å². The monoisotopic (exact) mass is 352 g/mol. The second-order valence-corrected chi connectivity index (χ2v) is 6.54. The Hall–Kier alpha value is -2.08. The Bertz CT molecular complexity index is 618. The summed E-state index contributed by atoms with van der Waals surface area (Å²) in [7, 11) is 0. The maximum Gasteiger partial charge on any atom is 0.305 e. The zero-order valence-electron chi connectivity index (χ0n) is 13.5. The number of hydrogen-bond acceptors (Lipinski definition) is 3. The van der Waals surface area contributed by atoms with Crippen LogP contribution in [0.3, 0.4) is 0 Å². The van der Waals surface area contributed by atoms with Crippen LogP contribution in [-0.4, -0.2) is 46.9 Å². The third-order valence-corrected chi connectivity index (χ3v) is 4.29. The van der Waals surface area contributed by atoms with E-state index >= 15 is 0 Å². The fraction of sp³-hybridized carbons (Fsp3) is 0.471. The lowest BCUT2D eigenvalue weighted by molar-refractivity contribution is -0.137. The van der Waals surface area contributed by atoms with Crippen LogP contribution >= 0.6 is 11.6 Å². The molecule has 1 heterocycles. The number of hydrogen-bond donors (Lipinski definition) is 2. The van der Waals surface area contributed by atoms with Gasteiger partial charge in [-0.25, -0.2) is 0 Å². The number of rotatable bonds is 5. The highest BCUT2D eigenvalue weighted by Gasteiger charge is 2.29. The molecular weight excluding hydrogens is 332 g/mol. The third kappa shape index (κ3) is 4.96. The molecule has 1 aromatic carbocycles. The number of amides is 2. The molecule has 1 aromatic rings. The molecule has 0 aliphatic carbocycles. The summed E-state index contributed by atoms with van der Waals surface area (Å²) in [4.78, 5) is 37.1. The number of nitrogens with one attached hydrogen (secondary N) is 1. The van der Waals surface area contributed by atoms with Gasteiger partial charge in [-0.05, 0) is 44.0 Å². The highest BCUT2D eigenvalue weighted by molar-refractivity contribution is 6.30. The lowest BCUT2D eigenvalue weighted by Gasteiger charge is -2.32. The minimum absolute atomic E-state index is 0.119. The van der Waals surface area contributed by atoms with E-state index < -0.39 is 12.0 Å². The highest BCUT2D eigenvalue weighted by Crippen LogP contribution is 2.20. The second kappa shape index (κ2) is 8.15. The number of piperidine rings is 1. The van der Waals surface area contributed by atoms with Crippen molar-refractivity contribution < 1.29 is 19.5 Å². The lowest BCUT2D eigenvalue weighted by atomic mass is 9.96. The number of likely N-dealkylation sites (tertiary alicyclic amines) is 1. The van der Waals surface area contributed by atoms with Gasteiger partial charge in [0.25, 0.3) is 5.91 Å². The van der Waals surface area contributed by atoms with Crippen molar-refractivity contribution in [3.63, 3.8) is 0 Å². The first-order valence-corrected chi connectivity index (χ1v) is 8.31. The van der Waals surface area contributed by atoms with E-state index in [2.05, 4.69) is 5.32 Å². The number of carbonyl (C=O) groups excluding carboxylic acids is 2. The minimum Gasteiger partial charge on any atom is -0.481 e. The molecule has 130 valence electrons. The molecule has 0 radical (unpaired) electrons. The molecular formula is C17H21ClN2O4. The normalized spacial score (nSPS) is 18.8. The second-order valence-electron chi connectivity index (χ2n) is 6.10. The summed E-state index contributed by atoms with van der Waals surface area (Å²) in [5.74, 6) is -1.59. The molecule has 2 amide bonds. The summed E-state index contributed by atoms with van der Waals surface area (Å²) in [6.45, 7) is 2.61. The molecule has 2 N–H and O–H groups in total. The first-order valence-electron chi connectivity index (χ1n) is 7.94. The van der Waals surface area contributed by atoms with Crippen LogP contribution in [0.2, 0.25) is 5.02 Å². The Morgan fingerprint density at radius 3 is 2.62 bits per heavy atom. The van der Waals surface area contributed by atoms with E-state index in [1.807, 2.05) is 0 Å². The summed E-state index contributed by atoms with van der Waals surface area (Å²) < 4.78 is 0. The van der Waals surface area contributed by atoms with Crippen molar-refractivity contribution in [2.24, 2.45) is 5.92 Å². The standard InChI is InChI=1S/C17H21ClN2O4/c1-11(9-15(21)22)19-16(23)13-3-2-8-20(10-13)17(24)12-4-6-14(18)7-5-12/h4-7,11,13H,2-3,8-10H2,1H3,(H,19,23)(H,21,22). The van der Waals surface area contributed by atoms with E-state index in [9.17, 15) is 14.4 Å². The topological polar surface area (TPSA) is 86.7 Å². The molecule has 1 fully saturated rings. The van der Waals surface area contributed by atoms with Crippen molar-refractivity contribution in [3.8, 4) is 0 Å². The smallest absolute Gasteiger partial charge is 0.305 e. The molecule has 0 spiro atoms. The van der Waals surface area contributed by atoms with Crippen molar-refractivity contribution in [1.29, 1.82) is 0 Å². The van der Waals surface area contributed by atoms with E-state index in [0.717, 1.165) is 6.42 Å². The van der Waals surface area contributed by atoms with Gasteiger partial charge in [0.2, 0.25) is 5.91 Å². The van der Waals surface area contributed by atoms with Crippen LogP contribution in [0, 0.1) is 5.92 Å². The van der Waals surface area contributed by atoms with Gasteiger partial charge in [0.1, 0.15) is 0 Å². The van der Waals surface area contributed by atoms with E-state index in [1.54, 1.807) is 36.1 Å². The molecule has 6 nitrogen and oxygen atoms in total. The number of carbonyl (C=O) groups is 3. The zero-order chi connectivity index (χ0) is 17.7. The fourth-order valence-corrected chi connectivity index (χ4v) is 2.95. The Morgan fingerprint density at radius 2 is 2.00 bits per heavy atom. The Morgan fingerprint density at radius 1 is 1.33 bits per heavy atom. The van der Waals surface area contributed by atoms with Crippen molar-refractivity contribution >= 4 is 29.4 Å². The summed E-state index contributed by atoms with van der Waals surface area (Å²) >= 11 is 5.83. The number of carboxylic acid groups (broad SMARTS) is 1. The molecule has 7 heteroatoms. The Balaban J connectivity index is 1.95. The molecule has 0 saturated carbocycles. The average molecular weight is 353 g/mol. The largest absolute Gasteiger partial charge is 0.481 e. The van der Waals surface area contributed by atoms with E-state index in [1.165, 1.54) is 0 Å². The Kier molecular flexibility index (Phi) is 6.20. The molecule has 1 aliphatic rings. The Labute approximate surface area is 145 Å². The molecule has 1 aliphatic heterocycles. The molecule has 24 heavy (non-hydrogen) atoms. The van der Waals surface area contributed by atoms with Crippen LogP contribution in [0.25, 0.3) is 0 Å². The van der Waals surface area contributed by atoms with Crippen molar-refractivity contribution in [2.75, 3.05) is 13.1 Å². The van der Waals surface area contributed by atoms with E-state index in [4.69, 9.17) is 16.7 Å². The predicted molar refractivity (Wildman–Crippen MR) is 89.9 cm³/mol. The van der Waals surface area contributed by atoms with Crippen LogP contribution in [0.5, 0.6) is 0 Å². The van der Waals surface area contributed by atoms with Crippen LogP contribution < -0.4 is 5.32 Å². The van der Waals surface area contributed by atoms with Gasteiger partial charge >= 0.3 is 5.97 Å². The SMILES string of the molecule is CC(CC(=O)O)NC(=O)C1CCCN(C(=O)c2ccc(Cl)cc2)C1. The summed E-state index contributed by atoms with van der Waals surface area (Å²) in [5.41, 5.74) is 0.541. The number of benzene rings is 1. The zero-order valence-corrected chi connectivity index (χ0v) is 14.3. The van der Waals surface area contributed by atoms with Gasteiger partial charge < -0.3 is 15.3 Å². The maximum atomic E-state index is 12.5. The van der Waals surface area contributed by atoms with Gasteiger partial charge in [-0.1, -0.05) is 11.6 Å². The fourth-order valence-electron chi connectivity index (χ4n) is 2.82. The summed E-state index contributed by atoms with van der Waals surface area (Å²) in [6, 6.07) is 6.23. The number of carboxylic acids is 1. The number of nitrogens with zero attached hydrogens (tertiary/aromatic N) is 1. The summed E-state index contributed by atoms with van der Waals surface area (Å²) in [6.07, 6.45) is 1.31. The molecule has 2 rings (SSSR count).